The smallest absolute Gasteiger partial charge is 0.203 e. The van der Waals surface area contributed by atoms with Crippen molar-refractivity contribution in [1.29, 1.82) is 0 Å². The highest BCUT2D eigenvalue weighted by Gasteiger charge is 2.19. The number of fused-ring (bicyclic) bond motifs is 1. The Labute approximate surface area is 190 Å². The van der Waals surface area contributed by atoms with E-state index in [0.717, 1.165) is 31.0 Å². The summed E-state index contributed by atoms with van der Waals surface area (Å²) in [5.74, 6) is 2.86. The van der Waals surface area contributed by atoms with Crippen molar-refractivity contribution < 1.29 is 14.2 Å². The van der Waals surface area contributed by atoms with Crippen LogP contribution in [0.15, 0.2) is 41.4 Å². The van der Waals surface area contributed by atoms with Crippen LogP contribution in [0.1, 0.15) is 23.6 Å². The average Bonchev–Trinajstić information content (AvgIpc) is 2.74. The van der Waals surface area contributed by atoms with Crippen molar-refractivity contribution in [3.05, 3.63) is 53.1 Å². The van der Waals surface area contributed by atoms with E-state index in [1.165, 1.54) is 11.1 Å². The molecule has 29 heavy (non-hydrogen) atoms. The maximum Gasteiger partial charge on any atom is 0.203 e. The van der Waals surface area contributed by atoms with Gasteiger partial charge in [-0.1, -0.05) is 24.3 Å². The molecule has 2 aromatic rings. The van der Waals surface area contributed by atoms with Crippen molar-refractivity contribution in [2.75, 3.05) is 34.4 Å². The van der Waals surface area contributed by atoms with Gasteiger partial charge in [-0.05, 0) is 42.2 Å². The van der Waals surface area contributed by atoms with E-state index in [-0.39, 0.29) is 24.0 Å². The summed E-state index contributed by atoms with van der Waals surface area (Å²) in [6, 6.07) is 12.5. The molecule has 0 amide bonds. The Morgan fingerprint density at radius 2 is 1.76 bits per heavy atom. The fraction of sp³-hybridized carbons (Fsp3) is 0.409. The normalized spacial score (nSPS) is 13.2. The van der Waals surface area contributed by atoms with Gasteiger partial charge >= 0.3 is 0 Å². The molecule has 0 radical (unpaired) electrons. The van der Waals surface area contributed by atoms with Crippen molar-refractivity contribution >= 4 is 29.9 Å². The van der Waals surface area contributed by atoms with Crippen LogP contribution in [0.4, 0.5) is 0 Å². The molecule has 1 N–H and O–H groups in total. The van der Waals surface area contributed by atoms with Crippen LogP contribution in [-0.4, -0.2) is 45.3 Å². The Bertz CT molecular complexity index is 817. The predicted octanol–water partition coefficient (Wildman–Crippen LogP) is 3.85. The van der Waals surface area contributed by atoms with Gasteiger partial charge in [0.15, 0.2) is 17.5 Å². The van der Waals surface area contributed by atoms with Gasteiger partial charge in [0.25, 0.3) is 0 Å². The molecule has 0 aromatic heterocycles. The lowest BCUT2D eigenvalue weighted by atomic mass is 10.0. The number of hydrogen-bond acceptors (Lipinski definition) is 4. The number of rotatable bonds is 6. The molecule has 0 aliphatic carbocycles. The predicted molar refractivity (Wildman–Crippen MR) is 127 cm³/mol. The van der Waals surface area contributed by atoms with Gasteiger partial charge in [0.1, 0.15) is 0 Å². The molecule has 7 heteroatoms. The summed E-state index contributed by atoms with van der Waals surface area (Å²) < 4.78 is 16.7. The first-order valence-corrected chi connectivity index (χ1v) is 9.60. The molecular weight excluding hydrogens is 481 g/mol. The monoisotopic (exact) mass is 511 g/mol. The molecule has 1 heterocycles. The van der Waals surface area contributed by atoms with Crippen LogP contribution < -0.4 is 19.5 Å². The number of nitrogens with zero attached hydrogens (tertiary/aromatic N) is 2. The number of benzene rings is 2. The lowest BCUT2D eigenvalue weighted by Crippen LogP contribution is -2.43. The van der Waals surface area contributed by atoms with Crippen molar-refractivity contribution in [2.24, 2.45) is 4.99 Å². The molecule has 1 aliphatic rings. The Kier molecular flexibility index (Phi) is 8.88. The Balaban J connectivity index is 0.00000300. The highest BCUT2D eigenvalue weighted by Crippen LogP contribution is 2.38. The van der Waals surface area contributed by atoms with Gasteiger partial charge in [-0.2, -0.15) is 0 Å². The molecule has 6 nitrogen and oxygen atoms in total. The highest BCUT2D eigenvalue weighted by atomic mass is 127. The first kappa shape index (κ1) is 23.1. The molecular formula is C22H30IN3O3. The lowest BCUT2D eigenvalue weighted by Gasteiger charge is -2.31. The average molecular weight is 511 g/mol. The van der Waals surface area contributed by atoms with E-state index >= 15 is 0 Å². The van der Waals surface area contributed by atoms with E-state index in [4.69, 9.17) is 14.2 Å². The van der Waals surface area contributed by atoms with E-state index in [9.17, 15) is 0 Å². The van der Waals surface area contributed by atoms with Gasteiger partial charge in [-0.15, -0.1) is 24.0 Å². The quantitative estimate of drug-likeness (QED) is 0.363. The maximum absolute atomic E-state index is 5.68. The van der Waals surface area contributed by atoms with E-state index < -0.39 is 0 Å². The van der Waals surface area contributed by atoms with Crippen molar-refractivity contribution in [3.63, 3.8) is 0 Å². The molecule has 1 aliphatic heterocycles. The standard InChI is InChI=1S/C22H29N3O3.HI/c1-5-28-21-19(26-3)12-16(13-20(21)27-4)14-24-22(23-2)25-11-10-17-8-6-7-9-18(17)15-25;/h6-9,12-13H,5,10-11,14-15H2,1-4H3,(H,23,24);1H. The van der Waals surface area contributed by atoms with E-state index in [1.54, 1.807) is 14.2 Å². The molecule has 0 spiro atoms. The van der Waals surface area contributed by atoms with Gasteiger partial charge in [0.2, 0.25) is 5.75 Å². The van der Waals surface area contributed by atoms with E-state index in [2.05, 4.69) is 39.5 Å². The minimum absolute atomic E-state index is 0. The number of aliphatic imine (C=N–C) groups is 1. The van der Waals surface area contributed by atoms with Crippen LogP contribution in [0.2, 0.25) is 0 Å². The summed E-state index contributed by atoms with van der Waals surface area (Å²) in [6.45, 7) is 4.92. The largest absolute Gasteiger partial charge is 0.493 e. The fourth-order valence-corrected chi connectivity index (χ4v) is 3.51. The second kappa shape index (κ2) is 11.1. The van der Waals surface area contributed by atoms with Crippen LogP contribution in [0.5, 0.6) is 17.2 Å². The zero-order chi connectivity index (χ0) is 19.9. The van der Waals surface area contributed by atoms with Crippen LogP contribution in [0.3, 0.4) is 0 Å². The van der Waals surface area contributed by atoms with Crippen LogP contribution in [0.25, 0.3) is 0 Å². The fourth-order valence-electron chi connectivity index (χ4n) is 3.51. The van der Waals surface area contributed by atoms with Gasteiger partial charge in [0.05, 0.1) is 20.8 Å². The maximum atomic E-state index is 5.68. The Hall–Kier alpha value is -2.16. The van der Waals surface area contributed by atoms with Gasteiger partial charge in [-0.3, -0.25) is 4.99 Å². The topological polar surface area (TPSA) is 55.3 Å². The summed E-state index contributed by atoms with van der Waals surface area (Å²) >= 11 is 0. The SMILES string of the molecule is CCOc1c(OC)cc(CNC(=NC)N2CCc3ccccc3C2)cc1OC.I. The number of nitrogens with one attached hydrogen (secondary N) is 1. The molecule has 0 saturated heterocycles. The zero-order valence-corrected chi connectivity index (χ0v) is 19.9. The molecule has 0 fully saturated rings. The third kappa shape index (κ3) is 5.46. The second-order valence-corrected chi connectivity index (χ2v) is 6.60. The first-order valence-electron chi connectivity index (χ1n) is 9.60. The minimum Gasteiger partial charge on any atom is -0.493 e. The molecule has 0 unspecified atom stereocenters. The highest BCUT2D eigenvalue weighted by molar-refractivity contribution is 14.0. The molecule has 158 valence electrons. The van der Waals surface area contributed by atoms with Gasteiger partial charge < -0.3 is 24.4 Å². The zero-order valence-electron chi connectivity index (χ0n) is 17.5. The summed E-state index contributed by atoms with van der Waals surface area (Å²) in [7, 11) is 5.10. The van der Waals surface area contributed by atoms with Gasteiger partial charge in [0, 0.05) is 26.7 Å². The van der Waals surface area contributed by atoms with Crippen molar-refractivity contribution in [2.45, 2.75) is 26.4 Å². The Morgan fingerprint density at radius 3 is 2.34 bits per heavy atom. The number of halogens is 1. The number of ether oxygens (including phenoxy) is 3. The van der Waals surface area contributed by atoms with E-state index in [0.29, 0.717) is 30.4 Å². The molecule has 0 bridgehead atoms. The van der Waals surface area contributed by atoms with Crippen molar-refractivity contribution in [1.82, 2.24) is 10.2 Å². The van der Waals surface area contributed by atoms with Crippen LogP contribution >= 0.6 is 24.0 Å². The van der Waals surface area contributed by atoms with Crippen molar-refractivity contribution in [3.8, 4) is 17.2 Å². The third-order valence-corrected chi connectivity index (χ3v) is 4.90. The summed E-state index contributed by atoms with van der Waals surface area (Å²) in [6.07, 6.45) is 1.03. The minimum atomic E-state index is 0. The second-order valence-electron chi connectivity index (χ2n) is 6.60. The molecule has 2 aromatic carbocycles. The number of hydrogen-bond donors (Lipinski definition) is 1. The number of guanidine groups is 1. The number of methoxy groups -OCH3 is 2. The van der Waals surface area contributed by atoms with Gasteiger partial charge in [-0.25, -0.2) is 0 Å². The lowest BCUT2D eigenvalue weighted by molar-refractivity contribution is 0.288. The van der Waals surface area contributed by atoms with Crippen LogP contribution in [-0.2, 0) is 19.5 Å². The summed E-state index contributed by atoms with van der Waals surface area (Å²) in [5.41, 5.74) is 3.83. The molecule has 0 atom stereocenters. The third-order valence-electron chi connectivity index (χ3n) is 4.90. The first-order chi connectivity index (χ1) is 13.7. The van der Waals surface area contributed by atoms with Crippen LogP contribution in [0, 0.1) is 0 Å². The summed E-state index contributed by atoms with van der Waals surface area (Å²) in [4.78, 5) is 6.76. The summed E-state index contributed by atoms with van der Waals surface area (Å²) in [5, 5.41) is 3.46. The van der Waals surface area contributed by atoms with E-state index in [1.807, 2.05) is 26.1 Å². The molecule has 0 saturated carbocycles. The Morgan fingerprint density at radius 1 is 1.10 bits per heavy atom. The molecule has 3 rings (SSSR count).